The highest BCUT2D eigenvalue weighted by Crippen LogP contribution is 2.41. The molecule has 1 heterocycles. The molecule has 3 rings (SSSR count). The van der Waals surface area contributed by atoms with Crippen molar-refractivity contribution in [2.24, 2.45) is 0 Å². The molecule has 1 aliphatic carbocycles. The number of halogens is 2. The summed E-state index contributed by atoms with van der Waals surface area (Å²) in [6.07, 6.45) is 1.24. The van der Waals surface area contributed by atoms with Crippen molar-refractivity contribution in [2.45, 2.75) is 44.8 Å². The highest BCUT2D eigenvalue weighted by atomic mass is 19.3. The third-order valence-electron chi connectivity index (χ3n) is 3.68. The minimum Gasteiger partial charge on any atom is -0.452 e. The van der Waals surface area contributed by atoms with Crippen LogP contribution in [0.15, 0.2) is 24.3 Å². The number of allylic oxidation sites excluding steroid dienone is 2. The van der Waals surface area contributed by atoms with Crippen molar-refractivity contribution in [3.05, 3.63) is 35.4 Å². The lowest BCUT2D eigenvalue weighted by atomic mass is 9.88. The zero-order valence-corrected chi connectivity index (χ0v) is 11.9. The predicted octanol–water partition coefficient (Wildman–Crippen LogP) is 4.17. The second-order valence-electron chi connectivity index (χ2n) is 5.86. The highest BCUT2D eigenvalue weighted by Gasteiger charge is 2.37. The number of carbonyl (C=O) groups excluding carboxylic acids is 1. The number of carbonyl (C=O) groups is 1. The van der Waals surface area contributed by atoms with Crippen LogP contribution in [0.2, 0.25) is 0 Å². The van der Waals surface area contributed by atoms with Crippen LogP contribution in [0.5, 0.6) is 5.75 Å². The molecule has 0 saturated carbocycles. The quantitative estimate of drug-likeness (QED) is 0.729. The lowest BCUT2D eigenvalue weighted by Crippen LogP contribution is -2.39. The molecule has 1 aliphatic heterocycles. The second kappa shape index (κ2) is 4.55. The van der Waals surface area contributed by atoms with Crippen LogP contribution in [0.25, 0.3) is 5.57 Å². The van der Waals surface area contributed by atoms with Gasteiger partial charge in [-0.2, -0.15) is 0 Å². The lowest BCUT2D eigenvalue weighted by molar-refractivity contribution is -0.127. The summed E-state index contributed by atoms with van der Waals surface area (Å²) in [6.45, 7) is 3.31. The Morgan fingerprint density at radius 2 is 1.95 bits per heavy atom. The van der Waals surface area contributed by atoms with Gasteiger partial charge in [-0.05, 0) is 23.6 Å². The molecule has 0 amide bonds. The fraction of sp³-hybridized carbons (Fsp3) is 0.438. The predicted molar refractivity (Wildman–Crippen MR) is 73.3 cm³/mol. The number of alkyl halides is 2. The zero-order chi connectivity index (χ0) is 15.3. The van der Waals surface area contributed by atoms with Crippen molar-refractivity contribution in [2.75, 3.05) is 0 Å². The SMILES string of the molecule is CC1(C)OC(=O)c2c(cccc2C2=CCC(F)(F)CC2)O1. The minimum atomic E-state index is -2.66. The number of cyclic esters (lactones) is 1. The Morgan fingerprint density at radius 1 is 1.19 bits per heavy atom. The molecule has 0 atom stereocenters. The summed E-state index contributed by atoms with van der Waals surface area (Å²) >= 11 is 0. The van der Waals surface area contributed by atoms with Gasteiger partial charge >= 0.3 is 5.97 Å². The number of esters is 1. The summed E-state index contributed by atoms with van der Waals surface area (Å²) < 4.78 is 37.4. The highest BCUT2D eigenvalue weighted by molar-refractivity contribution is 5.99. The monoisotopic (exact) mass is 294 g/mol. The van der Waals surface area contributed by atoms with Crippen LogP contribution in [0, 0.1) is 0 Å². The first kappa shape index (κ1) is 14.0. The van der Waals surface area contributed by atoms with Gasteiger partial charge < -0.3 is 9.47 Å². The van der Waals surface area contributed by atoms with Crippen molar-refractivity contribution >= 4 is 11.5 Å². The molecule has 0 unspecified atom stereocenters. The van der Waals surface area contributed by atoms with E-state index >= 15 is 0 Å². The van der Waals surface area contributed by atoms with Crippen LogP contribution < -0.4 is 4.74 Å². The largest absolute Gasteiger partial charge is 0.452 e. The third kappa shape index (κ3) is 2.64. The van der Waals surface area contributed by atoms with Crippen LogP contribution >= 0.6 is 0 Å². The van der Waals surface area contributed by atoms with Crippen molar-refractivity contribution < 1.29 is 23.0 Å². The molecule has 0 spiro atoms. The molecule has 0 N–H and O–H groups in total. The summed E-state index contributed by atoms with van der Waals surface area (Å²) in [5.74, 6) is -3.71. The van der Waals surface area contributed by atoms with Crippen molar-refractivity contribution in [3.63, 3.8) is 0 Å². The summed E-state index contributed by atoms with van der Waals surface area (Å²) in [5.41, 5.74) is 1.70. The van der Waals surface area contributed by atoms with Crippen molar-refractivity contribution in [1.82, 2.24) is 0 Å². The van der Waals surface area contributed by atoms with E-state index < -0.39 is 17.7 Å². The number of benzene rings is 1. The van der Waals surface area contributed by atoms with Gasteiger partial charge in [-0.1, -0.05) is 18.2 Å². The van der Waals surface area contributed by atoms with Crippen LogP contribution in [0.1, 0.15) is 49.0 Å². The van der Waals surface area contributed by atoms with E-state index in [9.17, 15) is 13.6 Å². The molecular formula is C16H16F2O3. The van der Waals surface area contributed by atoms with Gasteiger partial charge in [0.05, 0.1) is 0 Å². The van der Waals surface area contributed by atoms with Crippen LogP contribution in [-0.2, 0) is 4.74 Å². The molecule has 0 saturated heterocycles. The fourth-order valence-corrected chi connectivity index (χ4v) is 2.69. The smallest absolute Gasteiger partial charge is 0.345 e. The van der Waals surface area contributed by atoms with E-state index in [1.807, 2.05) is 0 Å². The zero-order valence-electron chi connectivity index (χ0n) is 11.9. The first-order valence-electron chi connectivity index (χ1n) is 6.90. The third-order valence-corrected chi connectivity index (χ3v) is 3.68. The molecule has 3 nitrogen and oxygen atoms in total. The number of hydrogen-bond acceptors (Lipinski definition) is 3. The van der Waals surface area contributed by atoms with Gasteiger partial charge in [-0.3, -0.25) is 0 Å². The van der Waals surface area contributed by atoms with E-state index in [1.165, 1.54) is 6.08 Å². The Balaban J connectivity index is 2.03. The Morgan fingerprint density at radius 3 is 2.62 bits per heavy atom. The number of fused-ring (bicyclic) bond motifs is 1. The van der Waals surface area contributed by atoms with Crippen LogP contribution in [0.3, 0.4) is 0 Å². The number of rotatable bonds is 1. The first-order chi connectivity index (χ1) is 9.77. The Kier molecular flexibility index (Phi) is 3.04. The van der Waals surface area contributed by atoms with Gasteiger partial charge in [0.1, 0.15) is 11.3 Å². The maximum absolute atomic E-state index is 13.3. The van der Waals surface area contributed by atoms with Crippen molar-refractivity contribution in [3.8, 4) is 5.75 Å². The average molecular weight is 294 g/mol. The summed E-state index contributed by atoms with van der Waals surface area (Å²) in [6, 6.07) is 5.20. The van der Waals surface area contributed by atoms with Crippen LogP contribution in [0.4, 0.5) is 8.78 Å². The normalized spacial score (nSPS) is 22.7. The molecule has 112 valence electrons. The van der Waals surface area contributed by atoms with E-state index in [0.717, 1.165) is 5.57 Å². The number of hydrogen-bond donors (Lipinski definition) is 0. The van der Waals surface area contributed by atoms with E-state index in [-0.39, 0.29) is 19.3 Å². The molecule has 0 aromatic heterocycles. The standard InChI is InChI=1S/C16H16F2O3/c1-15(2)20-12-5-3-4-11(13(12)14(19)21-15)10-6-8-16(17,18)9-7-10/h3-6H,7-9H2,1-2H3. The van der Waals surface area contributed by atoms with Gasteiger partial charge in [-0.15, -0.1) is 0 Å². The van der Waals surface area contributed by atoms with Gasteiger partial charge in [0.15, 0.2) is 0 Å². The first-order valence-corrected chi connectivity index (χ1v) is 6.90. The topological polar surface area (TPSA) is 35.5 Å². The summed E-state index contributed by atoms with van der Waals surface area (Å²) in [5, 5.41) is 0. The molecule has 1 aromatic carbocycles. The minimum absolute atomic E-state index is 0.204. The lowest BCUT2D eigenvalue weighted by Gasteiger charge is -2.33. The molecule has 21 heavy (non-hydrogen) atoms. The Labute approximate surface area is 121 Å². The molecule has 0 radical (unpaired) electrons. The molecular weight excluding hydrogens is 278 g/mol. The molecule has 0 bridgehead atoms. The molecule has 2 aliphatic rings. The molecule has 5 heteroatoms. The van der Waals surface area contributed by atoms with Gasteiger partial charge in [0.2, 0.25) is 5.79 Å². The second-order valence-corrected chi connectivity index (χ2v) is 5.86. The van der Waals surface area contributed by atoms with Gasteiger partial charge in [0.25, 0.3) is 5.92 Å². The van der Waals surface area contributed by atoms with E-state index in [4.69, 9.17) is 9.47 Å². The average Bonchev–Trinajstić information content (AvgIpc) is 2.36. The van der Waals surface area contributed by atoms with E-state index in [0.29, 0.717) is 16.9 Å². The maximum Gasteiger partial charge on any atom is 0.345 e. The summed E-state index contributed by atoms with van der Waals surface area (Å²) in [7, 11) is 0. The van der Waals surface area contributed by atoms with E-state index in [1.54, 1.807) is 32.0 Å². The molecule has 0 fully saturated rings. The fourth-order valence-electron chi connectivity index (χ4n) is 2.69. The summed E-state index contributed by atoms with van der Waals surface area (Å²) in [4.78, 5) is 12.2. The van der Waals surface area contributed by atoms with Gasteiger partial charge in [-0.25, -0.2) is 13.6 Å². The number of ether oxygens (including phenoxy) is 2. The van der Waals surface area contributed by atoms with Crippen molar-refractivity contribution in [1.29, 1.82) is 0 Å². The van der Waals surface area contributed by atoms with E-state index in [2.05, 4.69) is 0 Å². The molecule has 1 aromatic rings. The maximum atomic E-state index is 13.3. The van der Waals surface area contributed by atoms with Crippen LogP contribution in [-0.4, -0.2) is 17.7 Å². The Hall–Kier alpha value is -1.91. The van der Waals surface area contributed by atoms with Gasteiger partial charge in [0, 0.05) is 26.7 Å². The Bertz CT molecular complexity index is 632.